The number of likely N-dealkylation sites (N-methyl/N-ethyl adjacent to an activating group) is 3. The van der Waals surface area contributed by atoms with Crippen LogP contribution in [0.1, 0.15) is 41.1 Å². The molecule has 3 atom stereocenters. The Morgan fingerprint density at radius 3 is 1.79 bits per heavy atom. The predicted octanol–water partition coefficient (Wildman–Crippen LogP) is 3.25. The van der Waals surface area contributed by atoms with Crippen molar-refractivity contribution in [3.63, 3.8) is 0 Å². The van der Waals surface area contributed by atoms with Crippen molar-refractivity contribution < 1.29 is 0 Å². The second-order valence-corrected chi connectivity index (χ2v) is 10.9. The van der Waals surface area contributed by atoms with Gasteiger partial charge in [-0.25, -0.2) is 0 Å². The van der Waals surface area contributed by atoms with Crippen molar-refractivity contribution >= 4 is 11.4 Å². The van der Waals surface area contributed by atoms with Gasteiger partial charge in [-0.15, -0.1) is 0 Å². The number of fused-ring (bicyclic) bond motifs is 1. The second-order valence-electron chi connectivity index (χ2n) is 10.9. The fraction of sp³-hybridized carbons (Fsp3) is 0.571. The average molecular weight is 446 g/mol. The van der Waals surface area contributed by atoms with Crippen LogP contribution < -0.4 is 9.80 Å². The van der Waals surface area contributed by atoms with E-state index >= 15 is 0 Å². The smallest absolute Gasteiger partial charge is 0.0391 e. The van der Waals surface area contributed by atoms with Gasteiger partial charge in [0.15, 0.2) is 0 Å². The summed E-state index contributed by atoms with van der Waals surface area (Å²) in [4.78, 5) is 12.7. The van der Waals surface area contributed by atoms with Crippen LogP contribution in [0.25, 0.3) is 0 Å². The lowest BCUT2D eigenvalue weighted by molar-refractivity contribution is 0.160. The number of benzene rings is 2. The average Bonchev–Trinajstić information content (AvgIpc) is 3.03. The van der Waals surface area contributed by atoms with E-state index in [0.717, 1.165) is 58.8 Å². The van der Waals surface area contributed by atoms with Crippen LogP contribution in [0, 0.1) is 0 Å². The van der Waals surface area contributed by atoms with Crippen molar-refractivity contribution in [2.45, 2.75) is 31.3 Å². The maximum Gasteiger partial charge on any atom is 0.0391 e. The Balaban J connectivity index is 1.40. The predicted molar refractivity (Wildman–Crippen MR) is 138 cm³/mol. The summed E-state index contributed by atoms with van der Waals surface area (Å²) in [6.07, 6.45) is 1.12. The Bertz CT molecular complexity index is 1020. The van der Waals surface area contributed by atoms with Crippen LogP contribution in [0.5, 0.6) is 0 Å². The number of piperazine rings is 2. The summed E-state index contributed by atoms with van der Waals surface area (Å²) in [6, 6.07) is 15.8. The molecule has 0 unspecified atom stereocenters. The molecule has 0 aromatic heterocycles. The van der Waals surface area contributed by atoms with Gasteiger partial charge in [0.25, 0.3) is 0 Å². The van der Waals surface area contributed by atoms with Crippen molar-refractivity contribution in [2.24, 2.45) is 0 Å². The van der Waals surface area contributed by atoms with E-state index < -0.39 is 0 Å². The number of rotatable bonds is 2. The summed E-state index contributed by atoms with van der Waals surface area (Å²) in [5.74, 6) is 0.443. The summed E-state index contributed by atoms with van der Waals surface area (Å²) in [7, 11) is 6.81. The molecule has 2 aromatic rings. The summed E-state index contributed by atoms with van der Waals surface area (Å²) < 4.78 is 0. The highest BCUT2D eigenvalue weighted by Crippen LogP contribution is 2.50. The quantitative estimate of drug-likeness (QED) is 0.703. The summed E-state index contributed by atoms with van der Waals surface area (Å²) in [6.45, 7) is 11.6. The zero-order valence-electron chi connectivity index (χ0n) is 20.8. The minimum Gasteiger partial charge on any atom is -0.369 e. The van der Waals surface area contributed by atoms with Crippen LogP contribution >= 0.6 is 0 Å². The van der Waals surface area contributed by atoms with Crippen molar-refractivity contribution in [3.05, 3.63) is 58.7 Å². The van der Waals surface area contributed by atoms with Crippen LogP contribution in [0.15, 0.2) is 36.4 Å². The van der Waals surface area contributed by atoms with E-state index in [2.05, 4.69) is 89.0 Å². The third-order valence-corrected chi connectivity index (χ3v) is 9.00. The molecule has 2 aromatic carbocycles. The van der Waals surface area contributed by atoms with Gasteiger partial charge in [-0.3, -0.25) is 4.90 Å². The Hall–Kier alpha value is -2.08. The number of nitrogens with zero attached hydrogens (tertiary/aromatic N) is 5. The van der Waals surface area contributed by atoms with Crippen LogP contribution in [0.2, 0.25) is 0 Å². The first-order chi connectivity index (χ1) is 16.0. The molecule has 4 heterocycles. The van der Waals surface area contributed by atoms with Gasteiger partial charge in [0.1, 0.15) is 0 Å². The van der Waals surface area contributed by atoms with Gasteiger partial charge < -0.3 is 19.6 Å². The van der Waals surface area contributed by atoms with Crippen LogP contribution in [-0.4, -0.2) is 94.2 Å². The first-order valence-electron chi connectivity index (χ1n) is 12.8. The summed E-state index contributed by atoms with van der Waals surface area (Å²) in [5.41, 5.74) is 9.09. The van der Waals surface area contributed by atoms with E-state index in [0.29, 0.717) is 18.0 Å². The molecule has 2 bridgehead atoms. The highest BCUT2D eigenvalue weighted by molar-refractivity contribution is 5.61. The fourth-order valence-corrected chi connectivity index (χ4v) is 6.60. The van der Waals surface area contributed by atoms with E-state index in [1.807, 2.05) is 0 Å². The molecular formula is C28H39N5. The number of hydrogen-bond acceptors (Lipinski definition) is 5. The van der Waals surface area contributed by atoms with E-state index in [-0.39, 0.29) is 0 Å². The van der Waals surface area contributed by atoms with Crippen molar-refractivity contribution in [3.8, 4) is 0 Å². The zero-order valence-corrected chi connectivity index (χ0v) is 20.8. The normalized spacial score (nSPS) is 28.5. The van der Waals surface area contributed by atoms with Crippen LogP contribution in [0.4, 0.5) is 11.4 Å². The van der Waals surface area contributed by atoms with Gasteiger partial charge in [0, 0.05) is 81.7 Å². The van der Waals surface area contributed by atoms with E-state index in [1.165, 1.54) is 11.4 Å². The fourth-order valence-electron chi connectivity index (χ4n) is 6.60. The standard InChI is InChI=1S/C28H39N5/c1-20-28-25-18-22(32-13-9-29(2)10-14-32)6-5-21(25)17-27(31(20)4)24-8-7-23(19-26(24)28)33-15-11-30(3)12-16-33/h5-8,18-20,27-28H,9-17H2,1-4H3/t20-,27-,28+/m1/s1. The first-order valence-corrected chi connectivity index (χ1v) is 12.8. The van der Waals surface area contributed by atoms with Gasteiger partial charge in [-0.1, -0.05) is 12.1 Å². The lowest BCUT2D eigenvalue weighted by Crippen LogP contribution is -2.45. The number of hydrogen-bond donors (Lipinski definition) is 0. The molecular weight excluding hydrogens is 406 g/mol. The van der Waals surface area contributed by atoms with E-state index in [1.54, 1.807) is 22.3 Å². The lowest BCUT2D eigenvalue weighted by Gasteiger charge is -2.43. The lowest BCUT2D eigenvalue weighted by atomic mass is 9.79. The molecule has 4 aliphatic heterocycles. The SMILES string of the molecule is C[C@@H]1[C@H]2c3cc(N4CCN(C)CC4)ccc3C[C@H](c3ccc(N4CCN(C)CC4)cc32)N1C. The Kier molecular flexibility index (Phi) is 5.39. The highest BCUT2D eigenvalue weighted by Gasteiger charge is 2.42. The molecule has 5 heteroatoms. The largest absolute Gasteiger partial charge is 0.369 e. The van der Waals surface area contributed by atoms with Crippen LogP contribution in [0.3, 0.4) is 0 Å². The third-order valence-electron chi connectivity index (χ3n) is 9.00. The maximum atomic E-state index is 2.64. The minimum atomic E-state index is 0.443. The second kappa shape index (κ2) is 8.30. The number of anilines is 2. The molecule has 176 valence electrons. The topological polar surface area (TPSA) is 16.2 Å². The monoisotopic (exact) mass is 445 g/mol. The molecule has 0 radical (unpaired) electrons. The van der Waals surface area contributed by atoms with Crippen molar-refractivity contribution in [1.29, 1.82) is 0 Å². The molecule has 2 fully saturated rings. The Morgan fingerprint density at radius 1 is 0.636 bits per heavy atom. The Labute approximate surface area is 199 Å². The first kappa shape index (κ1) is 21.5. The molecule has 0 N–H and O–H groups in total. The van der Waals surface area contributed by atoms with Gasteiger partial charge in [-0.05, 0) is 81.0 Å². The van der Waals surface area contributed by atoms with Gasteiger partial charge in [0.05, 0.1) is 0 Å². The van der Waals surface area contributed by atoms with Crippen molar-refractivity contribution in [1.82, 2.24) is 14.7 Å². The summed E-state index contributed by atoms with van der Waals surface area (Å²) >= 11 is 0. The van der Waals surface area contributed by atoms with Gasteiger partial charge >= 0.3 is 0 Å². The molecule has 1 aliphatic carbocycles. The van der Waals surface area contributed by atoms with Crippen LogP contribution in [-0.2, 0) is 6.42 Å². The molecule has 0 amide bonds. The van der Waals surface area contributed by atoms with E-state index in [4.69, 9.17) is 0 Å². The molecule has 2 saturated heterocycles. The molecule has 5 aliphatic rings. The molecule has 7 rings (SSSR count). The Morgan fingerprint density at radius 2 is 1.18 bits per heavy atom. The highest BCUT2D eigenvalue weighted by atomic mass is 15.3. The third kappa shape index (κ3) is 3.65. The zero-order chi connectivity index (χ0) is 22.7. The molecule has 5 nitrogen and oxygen atoms in total. The van der Waals surface area contributed by atoms with E-state index in [9.17, 15) is 0 Å². The van der Waals surface area contributed by atoms with Gasteiger partial charge in [0.2, 0.25) is 0 Å². The molecule has 0 saturated carbocycles. The summed E-state index contributed by atoms with van der Waals surface area (Å²) in [5, 5.41) is 0. The maximum absolute atomic E-state index is 2.64. The minimum absolute atomic E-state index is 0.443. The molecule has 33 heavy (non-hydrogen) atoms. The van der Waals surface area contributed by atoms with Crippen molar-refractivity contribution in [2.75, 3.05) is 83.3 Å². The molecule has 0 spiro atoms. The van der Waals surface area contributed by atoms with Gasteiger partial charge in [-0.2, -0.15) is 0 Å².